The molecule has 0 saturated heterocycles. The molecule has 14 heavy (non-hydrogen) atoms. The van der Waals surface area contributed by atoms with Crippen LogP contribution in [-0.4, -0.2) is 0 Å². The molecule has 0 heterocycles. The van der Waals surface area contributed by atoms with Crippen LogP contribution in [0, 0.1) is 6.07 Å². The molecular formula is C14H19. The average Bonchev–Trinajstić information content (AvgIpc) is 2.25. The normalized spacial score (nSPS) is 10.9. The number of allylic oxidation sites excluding steroid dienone is 1. The van der Waals surface area contributed by atoms with Crippen molar-refractivity contribution in [2.24, 2.45) is 0 Å². The van der Waals surface area contributed by atoms with Crippen molar-refractivity contribution in [3.63, 3.8) is 0 Å². The van der Waals surface area contributed by atoms with Gasteiger partial charge in [0.2, 0.25) is 0 Å². The third-order valence-corrected chi connectivity index (χ3v) is 2.25. The van der Waals surface area contributed by atoms with Crippen LogP contribution < -0.4 is 0 Å². The Balaban J connectivity index is 2.15. The lowest BCUT2D eigenvalue weighted by Gasteiger charge is -1.94. The minimum absolute atomic E-state index is 1.18. The van der Waals surface area contributed by atoms with Crippen molar-refractivity contribution >= 4 is 6.08 Å². The predicted octanol–water partition coefficient (Wildman–Crippen LogP) is 4.47. The van der Waals surface area contributed by atoms with E-state index in [1.165, 1.54) is 37.7 Å². The van der Waals surface area contributed by atoms with E-state index >= 15 is 0 Å². The quantitative estimate of drug-likeness (QED) is 0.576. The molecular weight excluding hydrogens is 168 g/mol. The highest BCUT2D eigenvalue weighted by Crippen LogP contribution is 2.05. The first-order valence-corrected chi connectivity index (χ1v) is 5.56. The monoisotopic (exact) mass is 187 g/mol. The molecule has 0 atom stereocenters. The number of unbranched alkanes of at least 4 members (excludes halogenated alkanes) is 4. The number of rotatable bonds is 6. The Kier molecular flexibility index (Phi) is 5.81. The van der Waals surface area contributed by atoms with Gasteiger partial charge in [-0.1, -0.05) is 62.6 Å². The molecule has 1 aromatic rings. The molecule has 0 N–H and O–H groups in total. The second-order valence-electron chi connectivity index (χ2n) is 3.57. The van der Waals surface area contributed by atoms with E-state index in [0.717, 1.165) is 0 Å². The summed E-state index contributed by atoms with van der Waals surface area (Å²) >= 11 is 0. The van der Waals surface area contributed by atoms with Crippen LogP contribution in [0.15, 0.2) is 30.3 Å². The largest absolute Gasteiger partial charge is 0.0839 e. The Bertz CT molecular complexity index is 246. The molecule has 0 bridgehead atoms. The lowest BCUT2D eigenvalue weighted by Crippen LogP contribution is -1.74. The highest BCUT2D eigenvalue weighted by molar-refractivity contribution is 5.47. The molecule has 0 aliphatic rings. The van der Waals surface area contributed by atoms with Gasteiger partial charge in [-0.05, 0) is 24.5 Å². The van der Waals surface area contributed by atoms with Gasteiger partial charge in [-0.2, -0.15) is 0 Å². The van der Waals surface area contributed by atoms with Gasteiger partial charge in [-0.15, -0.1) is 0 Å². The summed E-state index contributed by atoms with van der Waals surface area (Å²) in [5.74, 6) is 0. The highest BCUT2D eigenvalue weighted by atomic mass is 13.9. The van der Waals surface area contributed by atoms with Crippen LogP contribution in [0.5, 0.6) is 0 Å². The molecule has 0 heteroatoms. The standard InChI is InChI=1S/C14H19/c1-2-3-4-5-6-8-11-14-12-9-7-10-13-14/h7-12H,2-6H2,1H3/b11-8+. The van der Waals surface area contributed by atoms with Crippen molar-refractivity contribution < 1.29 is 0 Å². The predicted molar refractivity (Wildman–Crippen MR) is 63.1 cm³/mol. The SMILES string of the molecule is CCCCCC/C=C/c1[c]cccc1. The second kappa shape index (κ2) is 7.37. The fourth-order valence-electron chi connectivity index (χ4n) is 1.41. The maximum atomic E-state index is 3.18. The van der Waals surface area contributed by atoms with Crippen LogP contribution in [0.3, 0.4) is 0 Å². The topological polar surface area (TPSA) is 0 Å². The van der Waals surface area contributed by atoms with Crippen LogP contribution in [-0.2, 0) is 0 Å². The molecule has 0 nitrogen and oxygen atoms in total. The van der Waals surface area contributed by atoms with Gasteiger partial charge in [0.15, 0.2) is 0 Å². The average molecular weight is 187 g/mol. The van der Waals surface area contributed by atoms with Crippen LogP contribution in [0.1, 0.15) is 44.6 Å². The maximum absolute atomic E-state index is 3.18. The van der Waals surface area contributed by atoms with Gasteiger partial charge in [0.05, 0.1) is 0 Å². The molecule has 0 saturated carbocycles. The molecule has 75 valence electrons. The van der Waals surface area contributed by atoms with Crippen molar-refractivity contribution in [3.05, 3.63) is 42.0 Å². The molecule has 0 unspecified atom stereocenters. The first kappa shape index (κ1) is 11.0. The van der Waals surface area contributed by atoms with Crippen LogP contribution >= 0.6 is 0 Å². The molecule has 1 rings (SSSR count). The van der Waals surface area contributed by atoms with Gasteiger partial charge in [0.1, 0.15) is 0 Å². The minimum Gasteiger partial charge on any atom is -0.0839 e. The first-order valence-electron chi connectivity index (χ1n) is 5.56. The van der Waals surface area contributed by atoms with Gasteiger partial charge in [-0.25, -0.2) is 0 Å². The van der Waals surface area contributed by atoms with Crippen molar-refractivity contribution in [2.75, 3.05) is 0 Å². The fraction of sp³-hybridized carbons (Fsp3) is 0.429. The second-order valence-corrected chi connectivity index (χ2v) is 3.57. The molecule has 0 aliphatic carbocycles. The Labute approximate surface area is 87.7 Å². The Hall–Kier alpha value is -1.04. The minimum atomic E-state index is 1.18. The lowest BCUT2D eigenvalue weighted by atomic mass is 10.1. The van der Waals surface area contributed by atoms with Crippen LogP contribution in [0.25, 0.3) is 6.08 Å². The summed E-state index contributed by atoms with van der Waals surface area (Å²) in [4.78, 5) is 0. The smallest absolute Gasteiger partial charge is 0.0106 e. The summed E-state index contributed by atoms with van der Waals surface area (Å²) in [5.41, 5.74) is 1.18. The molecule has 1 aromatic carbocycles. The number of hydrogen-bond acceptors (Lipinski definition) is 0. The molecule has 0 aromatic heterocycles. The zero-order chi connectivity index (χ0) is 10.1. The van der Waals surface area contributed by atoms with Crippen LogP contribution in [0.4, 0.5) is 0 Å². The van der Waals surface area contributed by atoms with E-state index in [2.05, 4.69) is 31.2 Å². The van der Waals surface area contributed by atoms with Crippen molar-refractivity contribution in [3.8, 4) is 0 Å². The summed E-state index contributed by atoms with van der Waals surface area (Å²) in [7, 11) is 0. The van der Waals surface area contributed by atoms with E-state index in [4.69, 9.17) is 0 Å². The van der Waals surface area contributed by atoms with E-state index in [1.807, 2.05) is 18.2 Å². The van der Waals surface area contributed by atoms with Gasteiger partial charge in [0.25, 0.3) is 0 Å². The van der Waals surface area contributed by atoms with Crippen LogP contribution in [0.2, 0.25) is 0 Å². The Morgan fingerprint density at radius 2 is 2.14 bits per heavy atom. The number of benzene rings is 1. The van der Waals surface area contributed by atoms with E-state index in [-0.39, 0.29) is 0 Å². The summed E-state index contributed by atoms with van der Waals surface area (Å²) in [5, 5.41) is 0. The van der Waals surface area contributed by atoms with E-state index in [1.54, 1.807) is 0 Å². The summed E-state index contributed by atoms with van der Waals surface area (Å²) < 4.78 is 0. The van der Waals surface area contributed by atoms with Crippen molar-refractivity contribution in [2.45, 2.75) is 39.0 Å². The first-order chi connectivity index (χ1) is 6.93. The van der Waals surface area contributed by atoms with Gasteiger partial charge < -0.3 is 0 Å². The molecule has 0 amide bonds. The third kappa shape index (κ3) is 4.86. The molecule has 0 spiro atoms. The summed E-state index contributed by atoms with van der Waals surface area (Å²) in [6.45, 7) is 2.24. The van der Waals surface area contributed by atoms with Gasteiger partial charge in [-0.3, -0.25) is 0 Å². The van der Waals surface area contributed by atoms with Gasteiger partial charge >= 0.3 is 0 Å². The molecule has 0 fully saturated rings. The van der Waals surface area contributed by atoms with E-state index < -0.39 is 0 Å². The third-order valence-electron chi connectivity index (χ3n) is 2.25. The zero-order valence-electron chi connectivity index (χ0n) is 9.00. The Morgan fingerprint density at radius 1 is 1.21 bits per heavy atom. The van der Waals surface area contributed by atoms with E-state index in [9.17, 15) is 0 Å². The number of hydrogen-bond donors (Lipinski definition) is 0. The molecule has 1 radical (unpaired) electrons. The zero-order valence-corrected chi connectivity index (χ0v) is 9.00. The maximum Gasteiger partial charge on any atom is -0.0106 e. The molecule has 0 aliphatic heterocycles. The van der Waals surface area contributed by atoms with Crippen molar-refractivity contribution in [1.82, 2.24) is 0 Å². The summed E-state index contributed by atoms with van der Waals surface area (Å²) in [6.07, 6.45) is 11.0. The fourth-order valence-corrected chi connectivity index (χ4v) is 1.41. The van der Waals surface area contributed by atoms with E-state index in [0.29, 0.717) is 0 Å². The van der Waals surface area contributed by atoms with Gasteiger partial charge in [0, 0.05) is 0 Å². The Morgan fingerprint density at radius 3 is 2.86 bits per heavy atom. The van der Waals surface area contributed by atoms with Crippen molar-refractivity contribution in [1.29, 1.82) is 0 Å². The lowest BCUT2D eigenvalue weighted by molar-refractivity contribution is 0.675. The highest BCUT2D eigenvalue weighted by Gasteiger charge is 1.85. The summed E-state index contributed by atoms with van der Waals surface area (Å²) in [6, 6.07) is 11.3.